The molecule has 0 aliphatic carbocycles. The van der Waals surface area contributed by atoms with Crippen molar-refractivity contribution in [3.05, 3.63) is 34.5 Å². The summed E-state index contributed by atoms with van der Waals surface area (Å²) in [6, 6.07) is 4.65. The lowest BCUT2D eigenvalue weighted by atomic mass is 10.2. The lowest BCUT2D eigenvalue weighted by Gasteiger charge is -1.97. The highest BCUT2D eigenvalue weighted by Gasteiger charge is 2.08. The number of hydrogen-bond acceptors (Lipinski definition) is 4. The standard InChI is InChI=1S/C10H11N3O3/c1-16-5-4-12-7-8-2-3-9(13(14)15)6-10(8)11-12/h2-3,6-7H,4-5H2,1H3. The maximum Gasteiger partial charge on any atom is 0.271 e. The number of hydrogen-bond donors (Lipinski definition) is 0. The van der Waals surface area contributed by atoms with Gasteiger partial charge in [0.05, 0.1) is 23.6 Å². The van der Waals surface area contributed by atoms with Gasteiger partial charge in [0.1, 0.15) is 0 Å². The van der Waals surface area contributed by atoms with Gasteiger partial charge in [-0.15, -0.1) is 0 Å². The van der Waals surface area contributed by atoms with Crippen LogP contribution >= 0.6 is 0 Å². The molecular formula is C10H11N3O3. The highest BCUT2D eigenvalue weighted by atomic mass is 16.6. The second-order valence-electron chi connectivity index (χ2n) is 3.39. The van der Waals surface area contributed by atoms with Crippen molar-refractivity contribution in [3.63, 3.8) is 0 Å². The summed E-state index contributed by atoms with van der Waals surface area (Å²) in [6.45, 7) is 1.20. The molecule has 2 rings (SSSR count). The van der Waals surface area contributed by atoms with Crippen LogP contribution in [-0.4, -0.2) is 28.4 Å². The fraction of sp³-hybridized carbons (Fsp3) is 0.300. The molecule has 2 aromatic rings. The molecule has 0 saturated carbocycles. The summed E-state index contributed by atoms with van der Waals surface area (Å²) in [5.41, 5.74) is 0.690. The van der Waals surface area contributed by atoms with E-state index in [0.29, 0.717) is 18.7 Å². The largest absolute Gasteiger partial charge is 0.383 e. The van der Waals surface area contributed by atoms with Crippen molar-refractivity contribution in [2.45, 2.75) is 6.54 Å². The van der Waals surface area contributed by atoms with E-state index in [2.05, 4.69) is 5.10 Å². The molecule has 0 amide bonds. The minimum Gasteiger partial charge on any atom is -0.383 e. The summed E-state index contributed by atoms with van der Waals surface area (Å²) in [5.74, 6) is 0. The number of nitro groups is 1. The summed E-state index contributed by atoms with van der Waals surface area (Å²) >= 11 is 0. The molecule has 1 heterocycles. The highest BCUT2D eigenvalue weighted by Crippen LogP contribution is 2.19. The van der Waals surface area contributed by atoms with Gasteiger partial charge in [-0.2, -0.15) is 5.10 Å². The molecule has 0 aliphatic heterocycles. The quantitative estimate of drug-likeness (QED) is 0.580. The Kier molecular flexibility index (Phi) is 2.82. The van der Waals surface area contributed by atoms with Crippen LogP contribution in [0, 0.1) is 10.1 Å². The lowest BCUT2D eigenvalue weighted by Crippen LogP contribution is -2.03. The van der Waals surface area contributed by atoms with Crippen molar-refractivity contribution in [3.8, 4) is 0 Å². The third-order valence-corrected chi connectivity index (χ3v) is 2.27. The Hall–Kier alpha value is -1.95. The van der Waals surface area contributed by atoms with Crippen LogP contribution in [0.1, 0.15) is 0 Å². The van der Waals surface area contributed by atoms with E-state index in [0.717, 1.165) is 5.39 Å². The fourth-order valence-electron chi connectivity index (χ4n) is 1.47. The number of fused-ring (bicyclic) bond motifs is 1. The average molecular weight is 221 g/mol. The third-order valence-electron chi connectivity index (χ3n) is 2.27. The summed E-state index contributed by atoms with van der Waals surface area (Å²) in [7, 11) is 1.62. The van der Waals surface area contributed by atoms with Crippen LogP contribution < -0.4 is 0 Å². The molecule has 0 radical (unpaired) electrons. The molecule has 0 bridgehead atoms. The van der Waals surface area contributed by atoms with E-state index >= 15 is 0 Å². The first-order valence-electron chi connectivity index (χ1n) is 4.81. The normalized spacial score (nSPS) is 10.8. The predicted molar refractivity (Wildman–Crippen MR) is 58.3 cm³/mol. The second-order valence-corrected chi connectivity index (χ2v) is 3.39. The van der Waals surface area contributed by atoms with E-state index in [4.69, 9.17) is 4.74 Å². The molecule has 1 aromatic carbocycles. The van der Waals surface area contributed by atoms with Crippen LogP contribution in [0.3, 0.4) is 0 Å². The third kappa shape index (κ3) is 2.01. The molecule has 1 aromatic heterocycles. The van der Waals surface area contributed by atoms with Crippen molar-refractivity contribution < 1.29 is 9.66 Å². The number of benzene rings is 1. The van der Waals surface area contributed by atoms with Gasteiger partial charge < -0.3 is 4.74 Å². The second kappa shape index (κ2) is 4.28. The van der Waals surface area contributed by atoms with Crippen LogP contribution in [0.5, 0.6) is 0 Å². The van der Waals surface area contributed by atoms with Gasteiger partial charge in [0.2, 0.25) is 0 Å². The van der Waals surface area contributed by atoms with Gasteiger partial charge in [-0.3, -0.25) is 14.8 Å². The van der Waals surface area contributed by atoms with Gasteiger partial charge in [0, 0.05) is 30.8 Å². The van der Waals surface area contributed by atoms with Crippen molar-refractivity contribution in [1.82, 2.24) is 9.78 Å². The van der Waals surface area contributed by atoms with Crippen LogP contribution in [-0.2, 0) is 11.3 Å². The minimum absolute atomic E-state index is 0.0597. The Labute approximate surface area is 91.6 Å². The summed E-state index contributed by atoms with van der Waals surface area (Å²) in [5, 5.41) is 15.7. The van der Waals surface area contributed by atoms with Crippen molar-refractivity contribution in [2.75, 3.05) is 13.7 Å². The average Bonchev–Trinajstić information content (AvgIpc) is 2.67. The Morgan fingerprint density at radius 3 is 3.06 bits per heavy atom. The molecule has 84 valence electrons. The van der Waals surface area contributed by atoms with Gasteiger partial charge in [-0.05, 0) is 6.07 Å². The van der Waals surface area contributed by atoms with Crippen molar-refractivity contribution in [2.24, 2.45) is 0 Å². The smallest absolute Gasteiger partial charge is 0.271 e. The van der Waals surface area contributed by atoms with Gasteiger partial charge in [-0.1, -0.05) is 0 Å². The van der Waals surface area contributed by atoms with E-state index in [1.807, 2.05) is 6.20 Å². The van der Waals surface area contributed by atoms with Crippen molar-refractivity contribution >= 4 is 16.6 Å². The number of aromatic nitrogens is 2. The molecule has 0 spiro atoms. The van der Waals surface area contributed by atoms with E-state index in [1.165, 1.54) is 12.1 Å². The lowest BCUT2D eigenvalue weighted by molar-refractivity contribution is -0.384. The molecule has 0 fully saturated rings. The van der Waals surface area contributed by atoms with Crippen LogP contribution in [0.25, 0.3) is 10.9 Å². The SMILES string of the molecule is COCCn1cc2ccc([N+](=O)[O-])cc2n1. The maximum absolute atomic E-state index is 10.6. The number of nitrogens with zero attached hydrogens (tertiary/aromatic N) is 3. The zero-order chi connectivity index (χ0) is 11.5. The molecular weight excluding hydrogens is 210 g/mol. The Morgan fingerprint density at radius 2 is 2.38 bits per heavy atom. The van der Waals surface area contributed by atoms with E-state index < -0.39 is 4.92 Å². The van der Waals surface area contributed by atoms with Crippen LogP contribution in [0.2, 0.25) is 0 Å². The van der Waals surface area contributed by atoms with E-state index in [1.54, 1.807) is 17.9 Å². The predicted octanol–water partition coefficient (Wildman–Crippen LogP) is 1.59. The first-order chi connectivity index (χ1) is 7.70. The van der Waals surface area contributed by atoms with E-state index in [9.17, 15) is 10.1 Å². The number of ether oxygens (including phenoxy) is 1. The Balaban J connectivity index is 2.34. The van der Waals surface area contributed by atoms with Gasteiger partial charge >= 0.3 is 0 Å². The summed E-state index contributed by atoms with van der Waals surface area (Å²) in [6.07, 6.45) is 1.85. The summed E-state index contributed by atoms with van der Waals surface area (Å²) < 4.78 is 6.65. The van der Waals surface area contributed by atoms with Gasteiger partial charge in [0.15, 0.2) is 0 Å². The number of nitro benzene ring substituents is 1. The highest BCUT2D eigenvalue weighted by molar-refractivity contribution is 5.80. The first-order valence-corrected chi connectivity index (χ1v) is 4.81. The number of non-ortho nitro benzene ring substituents is 1. The molecule has 16 heavy (non-hydrogen) atoms. The van der Waals surface area contributed by atoms with Crippen LogP contribution in [0.4, 0.5) is 5.69 Å². The molecule has 0 atom stereocenters. The fourth-order valence-corrected chi connectivity index (χ4v) is 1.47. The molecule has 0 aliphatic rings. The Bertz CT molecular complexity index is 521. The Morgan fingerprint density at radius 1 is 1.56 bits per heavy atom. The molecule has 6 heteroatoms. The van der Waals surface area contributed by atoms with Gasteiger partial charge in [-0.25, -0.2) is 0 Å². The zero-order valence-corrected chi connectivity index (χ0v) is 8.79. The number of methoxy groups -OCH3 is 1. The van der Waals surface area contributed by atoms with Gasteiger partial charge in [0.25, 0.3) is 5.69 Å². The topological polar surface area (TPSA) is 70.2 Å². The monoisotopic (exact) mass is 221 g/mol. The zero-order valence-electron chi connectivity index (χ0n) is 8.79. The molecule has 6 nitrogen and oxygen atoms in total. The molecule has 0 N–H and O–H groups in total. The molecule has 0 saturated heterocycles. The molecule has 0 unspecified atom stereocenters. The van der Waals surface area contributed by atoms with Crippen molar-refractivity contribution in [1.29, 1.82) is 0 Å². The summed E-state index contributed by atoms with van der Waals surface area (Å²) in [4.78, 5) is 10.2. The van der Waals surface area contributed by atoms with E-state index in [-0.39, 0.29) is 5.69 Å². The van der Waals surface area contributed by atoms with Crippen LogP contribution in [0.15, 0.2) is 24.4 Å². The minimum atomic E-state index is -0.423. The number of rotatable bonds is 4. The maximum atomic E-state index is 10.6. The first kappa shape index (κ1) is 10.6.